The van der Waals surface area contributed by atoms with E-state index >= 15 is 0 Å². The average Bonchev–Trinajstić information content (AvgIpc) is 2.96. The van der Waals surface area contributed by atoms with Gasteiger partial charge in [-0.05, 0) is 13.8 Å². The van der Waals surface area contributed by atoms with Crippen molar-refractivity contribution in [2.45, 2.75) is 13.8 Å². The SMILES string of the molecule is CC(=O)/C=C(/C)O.[Pt].[c-]1c[c]([Ge]([c]2ccccc2)([c]2ccccc2)[c]2ccccc2)ccc1-c1ccccn1. The molecule has 0 spiro atoms. The Hall–Kier alpha value is -3.53. The van der Waals surface area contributed by atoms with Crippen molar-refractivity contribution >= 4 is 36.6 Å². The van der Waals surface area contributed by atoms with Crippen molar-refractivity contribution in [3.05, 3.63) is 151 Å². The van der Waals surface area contributed by atoms with Crippen LogP contribution in [0.3, 0.4) is 0 Å². The van der Waals surface area contributed by atoms with Crippen LogP contribution < -0.4 is 17.6 Å². The number of hydrogen-bond acceptors (Lipinski definition) is 3. The molecular weight excluding hydrogens is 722 g/mol. The molecule has 0 unspecified atom stereocenters. The predicted molar refractivity (Wildman–Crippen MR) is 159 cm³/mol. The first-order valence-electron chi connectivity index (χ1n) is 12.5. The van der Waals surface area contributed by atoms with E-state index in [-0.39, 0.29) is 32.6 Å². The molecule has 5 heteroatoms. The molecule has 0 aliphatic carbocycles. The first kappa shape index (κ1) is 30.0. The van der Waals surface area contributed by atoms with Crippen LogP contribution >= 0.6 is 0 Å². The van der Waals surface area contributed by atoms with Crippen LogP contribution in [0.4, 0.5) is 0 Å². The number of rotatable bonds is 6. The van der Waals surface area contributed by atoms with E-state index in [1.165, 1.54) is 37.5 Å². The Morgan fingerprint density at radius 3 is 1.51 bits per heavy atom. The van der Waals surface area contributed by atoms with Gasteiger partial charge in [0.1, 0.15) is 0 Å². The van der Waals surface area contributed by atoms with E-state index in [9.17, 15) is 4.79 Å². The van der Waals surface area contributed by atoms with Gasteiger partial charge in [0.25, 0.3) is 0 Å². The maximum absolute atomic E-state index is 10.0. The summed E-state index contributed by atoms with van der Waals surface area (Å²) in [5.41, 5.74) is 1.97. The van der Waals surface area contributed by atoms with Crippen molar-refractivity contribution in [3.63, 3.8) is 0 Å². The van der Waals surface area contributed by atoms with Crippen LogP contribution in [0.15, 0.2) is 145 Å². The minimum absolute atomic E-state index is 0. The Labute approximate surface area is 247 Å². The summed E-state index contributed by atoms with van der Waals surface area (Å²) < 4.78 is 5.61. The minimum atomic E-state index is -3.19. The van der Waals surface area contributed by atoms with Gasteiger partial charge in [-0.15, -0.1) is 0 Å². The number of hydrogen-bond donors (Lipinski definition) is 1. The fraction of sp³-hybridized carbons (Fsp3) is 0.0588. The number of carbonyl (C=O) groups excluding carboxylic acids is 1. The number of aliphatic hydroxyl groups is 1. The fourth-order valence-electron chi connectivity index (χ4n) is 4.70. The number of ketones is 1. The molecule has 0 fully saturated rings. The average molecular weight is 752 g/mol. The Morgan fingerprint density at radius 2 is 1.18 bits per heavy atom. The molecule has 0 aliphatic rings. The molecule has 0 atom stereocenters. The Kier molecular flexibility index (Phi) is 11.2. The van der Waals surface area contributed by atoms with Crippen molar-refractivity contribution < 1.29 is 31.0 Å². The topological polar surface area (TPSA) is 50.2 Å². The normalized spacial score (nSPS) is 11.0. The molecule has 3 nitrogen and oxygen atoms in total. The van der Waals surface area contributed by atoms with E-state index in [1.807, 2.05) is 24.4 Å². The number of benzene rings is 4. The van der Waals surface area contributed by atoms with Gasteiger partial charge in [0, 0.05) is 27.1 Å². The van der Waals surface area contributed by atoms with E-state index in [0.29, 0.717) is 0 Å². The van der Waals surface area contributed by atoms with Crippen LogP contribution in [0.1, 0.15) is 13.8 Å². The van der Waals surface area contributed by atoms with E-state index in [1.54, 1.807) is 0 Å². The molecule has 1 aromatic heterocycles. The summed E-state index contributed by atoms with van der Waals surface area (Å²) in [7, 11) is 0. The van der Waals surface area contributed by atoms with Crippen LogP contribution in [0.25, 0.3) is 11.3 Å². The molecule has 5 rings (SSSR count). The Bertz CT molecular complexity index is 1370. The van der Waals surface area contributed by atoms with Gasteiger partial charge in [-0.1, -0.05) is 0 Å². The zero-order valence-corrected chi connectivity index (χ0v) is 26.3. The summed E-state index contributed by atoms with van der Waals surface area (Å²) in [4.78, 5) is 14.5. The summed E-state index contributed by atoms with van der Waals surface area (Å²) in [6, 6.07) is 49.3. The summed E-state index contributed by atoms with van der Waals surface area (Å²) in [5.74, 6) is -0.0625. The predicted octanol–water partition coefficient (Wildman–Crippen LogP) is 4.96. The van der Waals surface area contributed by atoms with Crippen molar-refractivity contribution in [1.29, 1.82) is 0 Å². The monoisotopic (exact) mass is 753 g/mol. The van der Waals surface area contributed by atoms with Gasteiger partial charge in [0.2, 0.25) is 0 Å². The second-order valence-electron chi connectivity index (χ2n) is 8.95. The van der Waals surface area contributed by atoms with Gasteiger partial charge < -0.3 is 5.11 Å². The van der Waals surface area contributed by atoms with E-state index in [0.717, 1.165) is 11.3 Å². The summed E-state index contributed by atoms with van der Waals surface area (Å²) in [6.07, 6.45) is 3.00. The molecule has 1 heterocycles. The molecule has 5 aromatic rings. The molecule has 198 valence electrons. The fourth-order valence-corrected chi connectivity index (χ4v) is 14.6. The zero-order valence-electron chi connectivity index (χ0n) is 21.9. The summed E-state index contributed by atoms with van der Waals surface area (Å²) in [5, 5.41) is 8.36. The van der Waals surface area contributed by atoms with Gasteiger partial charge in [-0.25, -0.2) is 0 Å². The molecular formula is C34H30GeNO2Pt-. The molecule has 1 N–H and O–H groups in total. The quantitative estimate of drug-likeness (QED) is 0.116. The van der Waals surface area contributed by atoms with Crippen LogP contribution in [0.2, 0.25) is 0 Å². The third-order valence-electron chi connectivity index (χ3n) is 6.22. The third kappa shape index (κ3) is 7.32. The van der Waals surface area contributed by atoms with Crippen molar-refractivity contribution in [2.24, 2.45) is 0 Å². The van der Waals surface area contributed by atoms with Crippen molar-refractivity contribution in [2.75, 3.05) is 0 Å². The number of aliphatic hydroxyl groups excluding tert-OH is 1. The van der Waals surface area contributed by atoms with Gasteiger partial charge in [0.15, 0.2) is 5.78 Å². The molecule has 0 amide bonds. The molecule has 0 radical (unpaired) electrons. The first-order chi connectivity index (χ1) is 18.5. The number of carbonyl (C=O) groups is 1. The maximum atomic E-state index is 10.0. The Morgan fingerprint density at radius 1 is 0.692 bits per heavy atom. The van der Waals surface area contributed by atoms with E-state index in [2.05, 4.69) is 120 Å². The van der Waals surface area contributed by atoms with Gasteiger partial charge in [0.05, 0.1) is 5.76 Å². The number of allylic oxidation sites excluding steroid dienone is 2. The molecule has 0 saturated heterocycles. The van der Waals surface area contributed by atoms with E-state index < -0.39 is 13.3 Å². The van der Waals surface area contributed by atoms with Crippen molar-refractivity contribution in [1.82, 2.24) is 4.98 Å². The van der Waals surface area contributed by atoms with Crippen LogP contribution in [-0.4, -0.2) is 29.1 Å². The second kappa shape index (κ2) is 14.6. The molecule has 39 heavy (non-hydrogen) atoms. The third-order valence-corrected chi connectivity index (χ3v) is 16.2. The van der Waals surface area contributed by atoms with Crippen LogP contribution in [-0.2, 0) is 25.9 Å². The van der Waals surface area contributed by atoms with Gasteiger partial charge >= 0.3 is 187 Å². The standard InChI is InChI=1S/C29H22GeN.C5H8O2.Pt/c1-4-12-25(13-5-1)30(26-14-6-2-7-15-26,27-16-8-3-9-17-27)28-21-19-24(20-22-28)29-18-10-11-23-31-29;1-4(6)3-5(2)7;/h1-19,21-23H;3,6H,1-2H3;/q-1;;/b;4-3-;. The summed E-state index contributed by atoms with van der Waals surface area (Å²) in [6.45, 7) is 2.85. The van der Waals surface area contributed by atoms with Gasteiger partial charge in [-0.2, -0.15) is 0 Å². The molecule has 0 aliphatic heterocycles. The van der Waals surface area contributed by atoms with Crippen LogP contribution in [0.5, 0.6) is 0 Å². The number of nitrogens with zero attached hydrogens (tertiary/aromatic N) is 1. The Balaban J connectivity index is 0.000000468. The zero-order chi connectivity index (χ0) is 26.8. The molecule has 0 saturated carbocycles. The van der Waals surface area contributed by atoms with Crippen molar-refractivity contribution in [3.8, 4) is 11.3 Å². The van der Waals surface area contributed by atoms with Crippen LogP contribution in [0, 0.1) is 6.07 Å². The first-order valence-corrected chi connectivity index (χ1v) is 16.7. The number of aromatic nitrogens is 1. The second-order valence-corrected chi connectivity index (χ2v) is 16.9. The molecule has 0 bridgehead atoms. The van der Waals surface area contributed by atoms with E-state index in [4.69, 9.17) is 5.11 Å². The summed E-state index contributed by atoms with van der Waals surface area (Å²) >= 11 is -3.19. The van der Waals surface area contributed by atoms with Gasteiger partial charge in [-0.3, -0.25) is 4.79 Å². The molecule has 4 aromatic carbocycles. The number of pyridine rings is 1.